The van der Waals surface area contributed by atoms with E-state index in [2.05, 4.69) is 36.8 Å². The lowest BCUT2D eigenvalue weighted by atomic mass is 10.2. The van der Waals surface area contributed by atoms with Crippen LogP contribution in [0.15, 0.2) is 48.7 Å². The molecule has 3 aromatic rings. The fraction of sp³-hybridized carbons (Fsp3) is 0.294. The van der Waals surface area contributed by atoms with Gasteiger partial charge in [0.25, 0.3) is 0 Å². The highest BCUT2D eigenvalue weighted by molar-refractivity contribution is 5.43. The SMILES string of the molecule is c1ccc(-n2nnnc2NCc2ccnc(N3CCOCC3)c2)cc1. The summed E-state index contributed by atoms with van der Waals surface area (Å²) >= 11 is 0. The molecule has 0 radical (unpaired) electrons. The van der Waals surface area contributed by atoms with E-state index in [0.29, 0.717) is 12.5 Å². The largest absolute Gasteiger partial charge is 0.378 e. The van der Waals surface area contributed by atoms with E-state index < -0.39 is 0 Å². The van der Waals surface area contributed by atoms with E-state index >= 15 is 0 Å². The van der Waals surface area contributed by atoms with Crippen LogP contribution in [0.3, 0.4) is 0 Å². The minimum Gasteiger partial charge on any atom is -0.378 e. The summed E-state index contributed by atoms with van der Waals surface area (Å²) in [6.45, 7) is 3.85. The predicted molar refractivity (Wildman–Crippen MR) is 93.7 cm³/mol. The molecule has 1 fully saturated rings. The fourth-order valence-electron chi connectivity index (χ4n) is 2.76. The van der Waals surface area contributed by atoms with E-state index in [-0.39, 0.29) is 0 Å². The minimum absolute atomic E-state index is 0.607. The van der Waals surface area contributed by atoms with Gasteiger partial charge in [-0.2, -0.15) is 4.68 Å². The van der Waals surface area contributed by atoms with Gasteiger partial charge in [0.1, 0.15) is 5.82 Å². The number of hydrogen-bond acceptors (Lipinski definition) is 7. The second kappa shape index (κ2) is 7.27. The van der Waals surface area contributed by atoms with Gasteiger partial charge >= 0.3 is 0 Å². The quantitative estimate of drug-likeness (QED) is 0.756. The molecule has 128 valence electrons. The molecule has 2 aromatic heterocycles. The van der Waals surface area contributed by atoms with Gasteiger partial charge in [-0.05, 0) is 40.3 Å². The highest BCUT2D eigenvalue weighted by Crippen LogP contribution is 2.16. The van der Waals surface area contributed by atoms with E-state index in [1.165, 1.54) is 0 Å². The maximum absolute atomic E-state index is 5.40. The number of nitrogens with zero attached hydrogens (tertiary/aromatic N) is 6. The summed E-state index contributed by atoms with van der Waals surface area (Å²) in [4.78, 5) is 6.71. The Morgan fingerprint density at radius 3 is 2.76 bits per heavy atom. The summed E-state index contributed by atoms with van der Waals surface area (Å²) < 4.78 is 7.08. The van der Waals surface area contributed by atoms with E-state index in [1.54, 1.807) is 4.68 Å². The van der Waals surface area contributed by atoms with E-state index in [4.69, 9.17) is 4.74 Å². The van der Waals surface area contributed by atoms with Gasteiger partial charge in [-0.3, -0.25) is 0 Å². The van der Waals surface area contributed by atoms with Crippen LogP contribution < -0.4 is 10.2 Å². The number of anilines is 2. The number of pyridine rings is 1. The van der Waals surface area contributed by atoms with Crippen molar-refractivity contribution in [3.8, 4) is 5.69 Å². The molecule has 1 N–H and O–H groups in total. The number of tetrazole rings is 1. The number of aromatic nitrogens is 5. The summed E-state index contributed by atoms with van der Waals surface area (Å²) in [6.07, 6.45) is 1.84. The lowest BCUT2D eigenvalue weighted by Gasteiger charge is -2.28. The average molecular weight is 337 g/mol. The molecule has 0 atom stereocenters. The third-order valence-electron chi connectivity index (χ3n) is 4.07. The van der Waals surface area contributed by atoms with Crippen molar-refractivity contribution in [2.45, 2.75) is 6.54 Å². The Morgan fingerprint density at radius 2 is 1.92 bits per heavy atom. The number of morpholine rings is 1. The van der Waals surface area contributed by atoms with Crippen LogP contribution in [0.1, 0.15) is 5.56 Å². The molecule has 8 nitrogen and oxygen atoms in total. The van der Waals surface area contributed by atoms with E-state index in [0.717, 1.165) is 43.4 Å². The Morgan fingerprint density at radius 1 is 1.08 bits per heavy atom. The first-order valence-electron chi connectivity index (χ1n) is 8.25. The monoisotopic (exact) mass is 337 g/mol. The third-order valence-corrected chi connectivity index (χ3v) is 4.07. The van der Waals surface area contributed by atoms with Crippen molar-refractivity contribution in [3.63, 3.8) is 0 Å². The number of para-hydroxylation sites is 1. The number of hydrogen-bond donors (Lipinski definition) is 1. The summed E-state index contributed by atoms with van der Waals surface area (Å²) in [5, 5.41) is 15.2. The Kier molecular flexibility index (Phi) is 4.51. The van der Waals surface area contributed by atoms with Crippen LogP contribution in [0, 0.1) is 0 Å². The van der Waals surface area contributed by atoms with Crippen LogP contribution >= 0.6 is 0 Å². The molecular formula is C17H19N7O. The maximum atomic E-state index is 5.40. The highest BCUT2D eigenvalue weighted by Gasteiger charge is 2.13. The molecule has 1 saturated heterocycles. The van der Waals surface area contributed by atoms with Crippen molar-refractivity contribution in [1.29, 1.82) is 0 Å². The van der Waals surface area contributed by atoms with E-state index in [9.17, 15) is 0 Å². The first kappa shape index (κ1) is 15.5. The van der Waals surface area contributed by atoms with Gasteiger partial charge in [0.2, 0.25) is 5.95 Å². The van der Waals surface area contributed by atoms with Crippen molar-refractivity contribution >= 4 is 11.8 Å². The number of benzene rings is 1. The second-order valence-electron chi connectivity index (χ2n) is 5.73. The van der Waals surface area contributed by atoms with Crippen LogP contribution in [0.4, 0.5) is 11.8 Å². The molecule has 8 heteroatoms. The van der Waals surface area contributed by atoms with Gasteiger partial charge in [-0.1, -0.05) is 23.3 Å². The van der Waals surface area contributed by atoms with Crippen molar-refractivity contribution < 1.29 is 4.74 Å². The molecule has 1 aromatic carbocycles. The van der Waals surface area contributed by atoms with Gasteiger partial charge in [0.15, 0.2) is 0 Å². The summed E-state index contributed by atoms with van der Waals surface area (Å²) in [6, 6.07) is 13.9. The summed E-state index contributed by atoms with van der Waals surface area (Å²) in [7, 11) is 0. The molecular weight excluding hydrogens is 318 g/mol. The number of nitrogens with one attached hydrogen (secondary N) is 1. The van der Waals surface area contributed by atoms with Crippen LogP contribution in [0.5, 0.6) is 0 Å². The van der Waals surface area contributed by atoms with E-state index in [1.807, 2.05) is 42.6 Å². The van der Waals surface area contributed by atoms with Gasteiger partial charge in [0.05, 0.1) is 18.9 Å². The fourth-order valence-corrected chi connectivity index (χ4v) is 2.76. The smallest absolute Gasteiger partial charge is 0.248 e. The van der Waals surface area contributed by atoms with Crippen LogP contribution in [0.2, 0.25) is 0 Å². The normalized spacial score (nSPS) is 14.5. The molecule has 0 aliphatic carbocycles. The third kappa shape index (κ3) is 3.58. The Labute approximate surface area is 145 Å². The lowest BCUT2D eigenvalue weighted by Crippen LogP contribution is -2.36. The second-order valence-corrected chi connectivity index (χ2v) is 5.73. The Bertz CT molecular complexity index is 815. The Hall–Kier alpha value is -3.00. The van der Waals surface area contributed by atoms with Gasteiger partial charge in [-0.15, -0.1) is 0 Å². The molecule has 0 spiro atoms. The lowest BCUT2D eigenvalue weighted by molar-refractivity contribution is 0.122. The predicted octanol–water partition coefficient (Wildman–Crippen LogP) is 1.51. The zero-order chi connectivity index (χ0) is 16.9. The molecule has 0 amide bonds. The van der Waals surface area contributed by atoms with Crippen molar-refractivity contribution in [2.24, 2.45) is 0 Å². The van der Waals surface area contributed by atoms with Crippen LogP contribution in [-0.4, -0.2) is 51.5 Å². The molecule has 0 saturated carbocycles. The molecule has 0 bridgehead atoms. The number of ether oxygens (including phenoxy) is 1. The first-order chi connectivity index (χ1) is 12.4. The molecule has 4 rings (SSSR count). The van der Waals surface area contributed by atoms with Crippen molar-refractivity contribution in [2.75, 3.05) is 36.5 Å². The zero-order valence-electron chi connectivity index (χ0n) is 13.7. The van der Waals surface area contributed by atoms with Crippen molar-refractivity contribution in [3.05, 3.63) is 54.2 Å². The zero-order valence-corrected chi connectivity index (χ0v) is 13.7. The molecule has 1 aliphatic rings. The topological polar surface area (TPSA) is 81.0 Å². The standard InChI is InChI=1S/C17H19N7O/c1-2-4-15(5-3-1)24-17(20-21-22-24)19-13-14-6-7-18-16(12-14)23-8-10-25-11-9-23/h1-7,12H,8-11,13H2,(H,19,20,22). The number of rotatable bonds is 5. The molecule has 0 unspecified atom stereocenters. The van der Waals surface area contributed by atoms with Crippen LogP contribution in [0.25, 0.3) is 5.69 Å². The van der Waals surface area contributed by atoms with Gasteiger partial charge < -0.3 is 15.0 Å². The first-order valence-corrected chi connectivity index (χ1v) is 8.25. The molecule has 1 aliphatic heterocycles. The molecule has 3 heterocycles. The minimum atomic E-state index is 0.607. The van der Waals surface area contributed by atoms with Crippen LogP contribution in [-0.2, 0) is 11.3 Å². The summed E-state index contributed by atoms with van der Waals surface area (Å²) in [5.41, 5.74) is 2.04. The maximum Gasteiger partial charge on any atom is 0.248 e. The van der Waals surface area contributed by atoms with Gasteiger partial charge in [0, 0.05) is 25.8 Å². The summed E-state index contributed by atoms with van der Waals surface area (Å²) in [5.74, 6) is 1.58. The average Bonchev–Trinajstić information content (AvgIpc) is 3.17. The van der Waals surface area contributed by atoms with Gasteiger partial charge in [-0.25, -0.2) is 4.98 Å². The Balaban J connectivity index is 1.46. The molecule has 25 heavy (non-hydrogen) atoms. The highest BCUT2D eigenvalue weighted by atomic mass is 16.5. The van der Waals surface area contributed by atoms with Crippen molar-refractivity contribution in [1.82, 2.24) is 25.2 Å².